The van der Waals surface area contributed by atoms with Gasteiger partial charge in [0.05, 0.1) is 25.2 Å². The van der Waals surface area contributed by atoms with Crippen molar-refractivity contribution in [3.8, 4) is 22.8 Å². The molecule has 182 valence electrons. The maximum absolute atomic E-state index is 13.0. The molecule has 0 fully saturated rings. The van der Waals surface area contributed by atoms with Crippen LogP contribution in [-0.4, -0.2) is 32.9 Å². The highest BCUT2D eigenvalue weighted by molar-refractivity contribution is 5.83. The van der Waals surface area contributed by atoms with E-state index in [9.17, 15) is 4.79 Å². The first-order valence-corrected chi connectivity index (χ1v) is 11.9. The molecular formula is C29H31NO5. The zero-order chi connectivity index (χ0) is 24.5. The number of nitrogens with one attached hydrogen (secondary N) is 1. The summed E-state index contributed by atoms with van der Waals surface area (Å²) in [6.45, 7) is 7.13. The lowest BCUT2D eigenvalue weighted by atomic mass is 10.0. The van der Waals surface area contributed by atoms with Crippen LogP contribution in [0.25, 0.3) is 22.3 Å². The minimum Gasteiger partial charge on any atom is -0.490 e. The predicted molar refractivity (Wildman–Crippen MR) is 138 cm³/mol. The minimum absolute atomic E-state index is 0.0143. The van der Waals surface area contributed by atoms with Crippen LogP contribution in [0.2, 0.25) is 0 Å². The summed E-state index contributed by atoms with van der Waals surface area (Å²) in [5, 5.41) is 3.89. The molecule has 4 aromatic rings. The van der Waals surface area contributed by atoms with Crippen molar-refractivity contribution in [3.63, 3.8) is 0 Å². The fourth-order valence-electron chi connectivity index (χ4n) is 3.88. The van der Waals surface area contributed by atoms with Gasteiger partial charge in [0, 0.05) is 29.8 Å². The molecule has 0 aliphatic carbocycles. The Balaban J connectivity index is 1.30. The van der Waals surface area contributed by atoms with E-state index in [1.807, 2.05) is 80.6 Å². The zero-order valence-corrected chi connectivity index (χ0v) is 20.2. The van der Waals surface area contributed by atoms with Gasteiger partial charge < -0.3 is 23.9 Å². The van der Waals surface area contributed by atoms with E-state index in [-0.39, 0.29) is 5.43 Å². The van der Waals surface area contributed by atoms with Crippen LogP contribution in [-0.2, 0) is 11.3 Å². The van der Waals surface area contributed by atoms with Gasteiger partial charge in [0.2, 0.25) is 0 Å². The molecule has 1 N–H and O–H groups in total. The van der Waals surface area contributed by atoms with Gasteiger partial charge in [-0.05, 0) is 32.0 Å². The molecule has 0 aliphatic heterocycles. The highest BCUT2D eigenvalue weighted by atomic mass is 16.5. The van der Waals surface area contributed by atoms with Crippen molar-refractivity contribution in [2.24, 2.45) is 0 Å². The van der Waals surface area contributed by atoms with Crippen LogP contribution in [0.15, 0.2) is 82.0 Å². The molecule has 0 unspecified atom stereocenters. The van der Waals surface area contributed by atoms with E-state index >= 15 is 0 Å². The highest BCUT2D eigenvalue weighted by Gasteiger charge is 2.15. The number of rotatable bonds is 12. The number of benzene rings is 3. The van der Waals surface area contributed by atoms with Gasteiger partial charge in [0.1, 0.15) is 18.0 Å². The summed E-state index contributed by atoms with van der Waals surface area (Å²) >= 11 is 0. The van der Waals surface area contributed by atoms with Crippen LogP contribution >= 0.6 is 0 Å². The lowest BCUT2D eigenvalue weighted by molar-refractivity contribution is 0.122. The summed E-state index contributed by atoms with van der Waals surface area (Å²) in [5.41, 5.74) is 2.91. The summed E-state index contributed by atoms with van der Waals surface area (Å²) in [6, 6.07) is 23.0. The first-order chi connectivity index (χ1) is 17.2. The largest absolute Gasteiger partial charge is 0.490 e. The number of hydrogen-bond acceptors (Lipinski definition) is 6. The fraction of sp³-hybridized carbons (Fsp3) is 0.276. The highest BCUT2D eigenvalue weighted by Crippen LogP contribution is 2.28. The molecule has 0 spiro atoms. The van der Waals surface area contributed by atoms with Crippen molar-refractivity contribution in [2.45, 2.75) is 20.5 Å². The second-order valence-corrected chi connectivity index (χ2v) is 8.08. The van der Waals surface area contributed by atoms with Crippen LogP contribution in [0.1, 0.15) is 18.1 Å². The molecular weight excluding hydrogens is 442 g/mol. The Kier molecular flexibility index (Phi) is 8.54. The van der Waals surface area contributed by atoms with Crippen LogP contribution < -0.4 is 20.2 Å². The van der Waals surface area contributed by atoms with E-state index in [1.54, 1.807) is 6.07 Å². The first kappa shape index (κ1) is 24.5. The summed E-state index contributed by atoms with van der Waals surface area (Å²) in [4.78, 5) is 13.0. The zero-order valence-electron chi connectivity index (χ0n) is 20.2. The molecule has 0 radical (unpaired) electrons. The second-order valence-electron chi connectivity index (χ2n) is 8.08. The smallest absolute Gasteiger partial charge is 0.196 e. The van der Waals surface area contributed by atoms with Crippen molar-refractivity contribution in [3.05, 3.63) is 94.1 Å². The van der Waals surface area contributed by atoms with Gasteiger partial charge in [-0.2, -0.15) is 0 Å². The molecule has 0 bridgehead atoms. The average Bonchev–Trinajstić information content (AvgIpc) is 2.89. The van der Waals surface area contributed by atoms with Gasteiger partial charge in [-0.3, -0.25) is 4.79 Å². The van der Waals surface area contributed by atoms with Gasteiger partial charge in [-0.25, -0.2) is 0 Å². The lowest BCUT2D eigenvalue weighted by Crippen LogP contribution is -2.25. The topological polar surface area (TPSA) is 69.9 Å². The number of fused-ring (bicyclic) bond motifs is 1. The third-order valence-corrected chi connectivity index (χ3v) is 5.63. The molecule has 1 heterocycles. The third kappa shape index (κ3) is 6.10. The van der Waals surface area contributed by atoms with Crippen LogP contribution in [0.4, 0.5) is 0 Å². The van der Waals surface area contributed by atoms with Crippen molar-refractivity contribution in [1.29, 1.82) is 0 Å². The van der Waals surface area contributed by atoms with E-state index in [4.69, 9.17) is 18.6 Å². The Labute approximate surface area is 205 Å². The van der Waals surface area contributed by atoms with E-state index in [0.29, 0.717) is 61.8 Å². The Morgan fingerprint density at radius 1 is 0.829 bits per heavy atom. The maximum Gasteiger partial charge on any atom is 0.196 e. The molecule has 0 saturated carbocycles. The quantitative estimate of drug-likeness (QED) is 0.280. The Morgan fingerprint density at radius 3 is 2.31 bits per heavy atom. The van der Waals surface area contributed by atoms with Crippen molar-refractivity contribution in [1.82, 2.24) is 5.32 Å². The SMILES string of the molecule is CCOc1ccccc1OCCNCCOCc1cccc2c(=O)c(C)c(-c3ccccc3)oc12. The molecule has 4 rings (SSSR count). The third-order valence-electron chi connectivity index (χ3n) is 5.63. The second kappa shape index (κ2) is 12.2. The van der Waals surface area contributed by atoms with Crippen molar-refractivity contribution >= 4 is 11.0 Å². The normalized spacial score (nSPS) is 11.0. The van der Waals surface area contributed by atoms with Gasteiger partial charge >= 0.3 is 0 Å². The molecule has 6 heteroatoms. The van der Waals surface area contributed by atoms with Gasteiger partial charge in [0.25, 0.3) is 0 Å². The molecule has 3 aromatic carbocycles. The first-order valence-electron chi connectivity index (χ1n) is 11.9. The molecule has 0 aliphatic rings. The Hall–Kier alpha value is -3.61. The van der Waals surface area contributed by atoms with E-state index in [2.05, 4.69) is 5.32 Å². The number of para-hydroxylation sites is 3. The monoisotopic (exact) mass is 473 g/mol. The van der Waals surface area contributed by atoms with Gasteiger partial charge in [0.15, 0.2) is 16.9 Å². The molecule has 1 aromatic heterocycles. The van der Waals surface area contributed by atoms with Gasteiger partial charge in [-0.15, -0.1) is 0 Å². The molecule has 0 saturated heterocycles. The van der Waals surface area contributed by atoms with Crippen LogP contribution in [0, 0.1) is 6.92 Å². The standard InChI is InChI=1S/C29H31NO5/c1-3-33-25-14-7-8-15-26(25)34-19-17-30-16-18-32-20-23-12-9-13-24-27(31)21(2)28(35-29(23)24)22-10-5-4-6-11-22/h4-15,30H,3,16-20H2,1-2H3. The van der Waals surface area contributed by atoms with Crippen LogP contribution in [0.5, 0.6) is 11.5 Å². The predicted octanol–water partition coefficient (Wildman–Crippen LogP) is 5.35. The van der Waals surface area contributed by atoms with E-state index < -0.39 is 0 Å². The molecule has 35 heavy (non-hydrogen) atoms. The Morgan fingerprint density at radius 2 is 1.54 bits per heavy atom. The minimum atomic E-state index is -0.0143. The molecule has 0 amide bonds. The van der Waals surface area contributed by atoms with Crippen molar-refractivity contribution < 1.29 is 18.6 Å². The number of ether oxygens (including phenoxy) is 3. The number of hydrogen-bond donors (Lipinski definition) is 1. The lowest BCUT2D eigenvalue weighted by Gasteiger charge is -2.12. The van der Waals surface area contributed by atoms with Crippen LogP contribution in [0.3, 0.4) is 0 Å². The summed E-state index contributed by atoms with van der Waals surface area (Å²) in [7, 11) is 0. The fourth-order valence-corrected chi connectivity index (χ4v) is 3.88. The summed E-state index contributed by atoms with van der Waals surface area (Å²) < 4.78 is 23.5. The van der Waals surface area contributed by atoms with Crippen molar-refractivity contribution in [2.75, 3.05) is 32.9 Å². The summed E-state index contributed by atoms with van der Waals surface area (Å²) in [5.74, 6) is 2.10. The van der Waals surface area contributed by atoms with Gasteiger partial charge in [-0.1, -0.05) is 54.6 Å². The summed E-state index contributed by atoms with van der Waals surface area (Å²) in [6.07, 6.45) is 0. The molecule has 0 atom stereocenters. The van der Waals surface area contributed by atoms with E-state index in [0.717, 1.165) is 22.6 Å². The molecule has 6 nitrogen and oxygen atoms in total. The van der Waals surface area contributed by atoms with E-state index in [1.165, 1.54) is 0 Å². The Bertz CT molecular complexity index is 1300. The maximum atomic E-state index is 13.0. The average molecular weight is 474 g/mol.